The molecule has 1 aliphatic rings. The molecule has 0 radical (unpaired) electrons. The third kappa shape index (κ3) is 3.43. The van der Waals surface area contributed by atoms with Crippen molar-refractivity contribution in [2.75, 3.05) is 11.5 Å². The fourth-order valence-electron chi connectivity index (χ4n) is 2.04. The van der Waals surface area contributed by atoms with Crippen LogP contribution in [0.5, 0.6) is 0 Å². The van der Waals surface area contributed by atoms with Crippen molar-refractivity contribution >= 4 is 21.4 Å². The Bertz CT molecular complexity index is 499. The maximum atomic E-state index is 13.5. The standard InChI is InChI=1S/C12H15ClFNO2S/c13-11-2-1-3-12(14)10(11)8-15-9-4-6-18(16,17)7-5-9/h1-3,9,15H,4-8H2. The number of hydrogen-bond donors (Lipinski definition) is 1. The molecular formula is C12H15ClFNO2S. The lowest BCUT2D eigenvalue weighted by molar-refractivity contribution is 0.456. The van der Waals surface area contributed by atoms with Crippen LogP contribution in [0.25, 0.3) is 0 Å². The number of benzene rings is 1. The first-order chi connectivity index (χ1) is 8.48. The van der Waals surface area contributed by atoms with Crippen molar-refractivity contribution in [1.82, 2.24) is 5.32 Å². The molecule has 1 aromatic rings. The van der Waals surface area contributed by atoms with Gasteiger partial charge in [0, 0.05) is 23.2 Å². The second-order valence-corrected chi connectivity index (χ2v) is 7.22. The molecule has 100 valence electrons. The summed E-state index contributed by atoms with van der Waals surface area (Å²) in [6.07, 6.45) is 1.16. The van der Waals surface area contributed by atoms with E-state index in [1.165, 1.54) is 6.07 Å². The van der Waals surface area contributed by atoms with Crippen molar-refractivity contribution in [2.45, 2.75) is 25.4 Å². The average Bonchev–Trinajstić information content (AvgIpc) is 2.30. The van der Waals surface area contributed by atoms with Crippen molar-refractivity contribution in [3.05, 3.63) is 34.6 Å². The van der Waals surface area contributed by atoms with E-state index in [0.717, 1.165) is 0 Å². The van der Waals surface area contributed by atoms with E-state index in [4.69, 9.17) is 11.6 Å². The Hall–Kier alpha value is -0.650. The lowest BCUT2D eigenvalue weighted by atomic mass is 10.1. The van der Waals surface area contributed by atoms with E-state index < -0.39 is 9.84 Å². The van der Waals surface area contributed by atoms with Crippen LogP contribution in [0.1, 0.15) is 18.4 Å². The fraction of sp³-hybridized carbons (Fsp3) is 0.500. The Labute approximate surface area is 111 Å². The largest absolute Gasteiger partial charge is 0.310 e. The summed E-state index contributed by atoms with van der Waals surface area (Å²) in [4.78, 5) is 0. The number of nitrogens with one attached hydrogen (secondary N) is 1. The molecule has 0 aromatic heterocycles. The summed E-state index contributed by atoms with van der Waals surface area (Å²) in [5.41, 5.74) is 0.438. The zero-order valence-corrected chi connectivity index (χ0v) is 11.4. The van der Waals surface area contributed by atoms with Gasteiger partial charge in [-0.3, -0.25) is 0 Å². The monoisotopic (exact) mass is 291 g/mol. The van der Waals surface area contributed by atoms with Gasteiger partial charge in [-0.1, -0.05) is 17.7 Å². The maximum Gasteiger partial charge on any atom is 0.150 e. The minimum absolute atomic E-state index is 0.115. The summed E-state index contributed by atoms with van der Waals surface area (Å²) in [6, 6.07) is 4.69. The van der Waals surface area contributed by atoms with E-state index in [1.54, 1.807) is 12.1 Å². The van der Waals surface area contributed by atoms with Gasteiger partial charge in [-0.2, -0.15) is 0 Å². The zero-order valence-electron chi connectivity index (χ0n) is 9.83. The Morgan fingerprint density at radius 2 is 2.00 bits per heavy atom. The van der Waals surface area contributed by atoms with Gasteiger partial charge in [0.25, 0.3) is 0 Å². The normalized spacial score (nSPS) is 19.9. The lowest BCUT2D eigenvalue weighted by Crippen LogP contribution is -2.37. The molecule has 18 heavy (non-hydrogen) atoms. The molecule has 1 saturated heterocycles. The van der Waals surface area contributed by atoms with Crippen molar-refractivity contribution in [2.24, 2.45) is 0 Å². The highest BCUT2D eigenvalue weighted by Gasteiger charge is 2.23. The van der Waals surface area contributed by atoms with Crippen molar-refractivity contribution < 1.29 is 12.8 Å². The van der Waals surface area contributed by atoms with Gasteiger partial charge in [0.15, 0.2) is 0 Å². The third-order valence-electron chi connectivity index (χ3n) is 3.18. The second-order valence-electron chi connectivity index (χ2n) is 4.51. The summed E-state index contributed by atoms with van der Waals surface area (Å²) in [6.45, 7) is 0.330. The molecule has 6 heteroatoms. The van der Waals surface area contributed by atoms with Crippen LogP contribution in [0.4, 0.5) is 4.39 Å². The smallest absolute Gasteiger partial charge is 0.150 e. The van der Waals surface area contributed by atoms with Crippen LogP contribution in [-0.4, -0.2) is 26.0 Å². The van der Waals surface area contributed by atoms with Crippen LogP contribution < -0.4 is 5.32 Å². The highest BCUT2D eigenvalue weighted by molar-refractivity contribution is 7.91. The Kier molecular flexibility index (Phi) is 4.25. The molecule has 2 rings (SSSR count). The van der Waals surface area contributed by atoms with Gasteiger partial charge in [-0.05, 0) is 25.0 Å². The number of sulfone groups is 1. The van der Waals surface area contributed by atoms with Crippen molar-refractivity contribution in [1.29, 1.82) is 0 Å². The van der Waals surface area contributed by atoms with Crippen LogP contribution in [0.3, 0.4) is 0 Å². The molecule has 1 aliphatic heterocycles. The molecule has 0 spiro atoms. The fourth-order valence-corrected chi connectivity index (χ4v) is 3.76. The summed E-state index contributed by atoms with van der Waals surface area (Å²) in [5, 5.41) is 3.56. The van der Waals surface area contributed by atoms with Crippen LogP contribution in [0.2, 0.25) is 5.02 Å². The molecule has 0 saturated carbocycles. The Morgan fingerprint density at radius 1 is 1.33 bits per heavy atom. The van der Waals surface area contributed by atoms with Gasteiger partial charge >= 0.3 is 0 Å². The topological polar surface area (TPSA) is 46.2 Å². The summed E-state index contributed by atoms with van der Waals surface area (Å²) in [7, 11) is -2.86. The molecule has 3 nitrogen and oxygen atoms in total. The SMILES string of the molecule is O=S1(=O)CCC(NCc2c(F)cccc2Cl)CC1. The minimum Gasteiger partial charge on any atom is -0.310 e. The van der Waals surface area contributed by atoms with Crippen LogP contribution >= 0.6 is 11.6 Å². The van der Waals surface area contributed by atoms with Crippen LogP contribution in [0, 0.1) is 5.82 Å². The molecule has 0 bridgehead atoms. The molecule has 1 aromatic carbocycles. The van der Waals surface area contributed by atoms with E-state index in [0.29, 0.717) is 30.0 Å². The quantitative estimate of drug-likeness (QED) is 0.928. The molecule has 1 heterocycles. The second kappa shape index (κ2) is 5.55. The molecule has 0 amide bonds. The first-order valence-electron chi connectivity index (χ1n) is 5.84. The van der Waals surface area contributed by atoms with E-state index in [-0.39, 0.29) is 23.4 Å². The summed E-state index contributed by atoms with van der Waals surface area (Å²) < 4.78 is 36.0. The van der Waals surface area contributed by atoms with E-state index in [9.17, 15) is 12.8 Å². The molecule has 1 N–H and O–H groups in total. The van der Waals surface area contributed by atoms with Gasteiger partial charge in [0.05, 0.1) is 11.5 Å². The first kappa shape index (κ1) is 13.8. The van der Waals surface area contributed by atoms with Gasteiger partial charge in [0.2, 0.25) is 0 Å². The molecular weight excluding hydrogens is 277 g/mol. The number of hydrogen-bond acceptors (Lipinski definition) is 3. The predicted molar refractivity (Wildman–Crippen MR) is 69.9 cm³/mol. The molecule has 0 atom stereocenters. The first-order valence-corrected chi connectivity index (χ1v) is 8.04. The highest BCUT2D eigenvalue weighted by atomic mass is 35.5. The van der Waals surface area contributed by atoms with Gasteiger partial charge in [-0.25, -0.2) is 12.8 Å². The number of halogens is 2. The third-order valence-corrected chi connectivity index (χ3v) is 5.25. The number of rotatable bonds is 3. The average molecular weight is 292 g/mol. The Balaban J connectivity index is 1.93. The van der Waals surface area contributed by atoms with Gasteiger partial charge in [-0.15, -0.1) is 0 Å². The van der Waals surface area contributed by atoms with Crippen LogP contribution in [-0.2, 0) is 16.4 Å². The zero-order chi connectivity index (χ0) is 13.2. The molecule has 1 fully saturated rings. The minimum atomic E-state index is -2.86. The van der Waals surface area contributed by atoms with Crippen molar-refractivity contribution in [3.8, 4) is 0 Å². The Morgan fingerprint density at radius 3 is 2.61 bits per heavy atom. The van der Waals surface area contributed by atoms with Gasteiger partial charge in [0.1, 0.15) is 15.7 Å². The maximum absolute atomic E-state index is 13.5. The van der Waals surface area contributed by atoms with Crippen LogP contribution in [0.15, 0.2) is 18.2 Å². The highest BCUT2D eigenvalue weighted by Crippen LogP contribution is 2.20. The van der Waals surface area contributed by atoms with Crippen molar-refractivity contribution in [3.63, 3.8) is 0 Å². The molecule has 0 unspecified atom stereocenters. The predicted octanol–water partition coefficient (Wildman–Crippen LogP) is 2.15. The van der Waals surface area contributed by atoms with E-state index >= 15 is 0 Å². The van der Waals surface area contributed by atoms with E-state index in [1.807, 2.05) is 0 Å². The lowest BCUT2D eigenvalue weighted by Gasteiger charge is -2.23. The van der Waals surface area contributed by atoms with E-state index in [2.05, 4.69) is 5.32 Å². The van der Waals surface area contributed by atoms with Gasteiger partial charge < -0.3 is 5.32 Å². The molecule has 0 aliphatic carbocycles. The summed E-state index contributed by atoms with van der Waals surface area (Å²) in [5.74, 6) is 0.0733. The summed E-state index contributed by atoms with van der Waals surface area (Å²) >= 11 is 5.92.